The maximum Gasteiger partial charge on any atom is 0.269 e. The Hall–Kier alpha value is -1.43. The van der Waals surface area contributed by atoms with E-state index in [0.29, 0.717) is 0 Å². The van der Waals surface area contributed by atoms with Crippen LogP contribution in [0.4, 0.5) is 0 Å². The summed E-state index contributed by atoms with van der Waals surface area (Å²) in [6.45, 7) is 0. The van der Waals surface area contributed by atoms with Crippen LogP contribution >= 0.6 is 0 Å². The van der Waals surface area contributed by atoms with E-state index in [1.807, 2.05) is 0 Å². The molecule has 0 atom stereocenters. The molecular formula is C3H7N5O. The summed E-state index contributed by atoms with van der Waals surface area (Å²) >= 11 is 0. The minimum absolute atomic E-state index is 0.162. The number of hydrazine groups is 2. The summed E-state index contributed by atoms with van der Waals surface area (Å²) in [5.41, 5.74) is 17.5. The van der Waals surface area contributed by atoms with Gasteiger partial charge in [0.1, 0.15) is 5.82 Å². The Kier molecular flexibility index (Phi) is 1.16. The average Bonchev–Trinajstić information content (AvgIpc) is 2.13. The van der Waals surface area contributed by atoms with Crippen molar-refractivity contribution in [1.82, 2.24) is 16.4 Å². The average molecular weight is 129 g/mol. The molecule has 6 heteroatoms. The zero-order chi connectivity index (χ0) is 6.85. The van der Waals surface area contributed by atoms with Gasteiger partial charge in [-0.1, -0.05) is 0 Å². The van der Waals surface area contributed by atoms with Gasteiger partial charge in [-0.25, -0.2) is 0 Å². The van der Waals surface area contributed by atoms with E-state index >= 15 is 0 Å². The van der Waals surface area contributed by atoms with Gasteiger partial charge in [0.25, 0.3) is 5.91 Å². The number of amides is 1. The van der Waals surface area contributed by atoms with Crippen molar-refractivity contribution < 1.29 is 4.79 Å². The summed E-state index contributed by atoms with van der Waals surface area (Å²) in [5.74, 6) is -0.382. The second kappa shape index (κ2) is 1.82. The van der Waals surface area contributed by atoms with Crippen molar-refractivity contribution in [2.45, 2.75) is 0 Å². The molecule has 1 aliphatic heterocycles. The van der Waals surface area contributed by atoms with E-state index in [9.17, 15) is 4.79 Å². The molecule has 0 aliphatic carbocycles. The number of primary amides is 1. The molecular weight excluding hydrogens is 122 g/mol. The predicted molar refractivity (Wildman–Crippen MR) is 29.8 cm³/mol. The minimum Gasteiger partial charge on any atom is -0.383 e. The van der Waals surface area contributed by atoms with Crippen molar-refractivity contribution in [3.8, 4) is 0 Å². The van der Waals surface area contributed by atoms with Crippen LogP contribution in [0.1, 0.15) is 0 Å². The van der Waals surface area contributed by atoms with Gasteiger partial charge < -0.3 is 11.5 Å². The van der Waals surface area contributed by atoms with Gasteiger partial charge in [-0.05, 0) is 0 Å². The Labute approximate surface area is 51.2 Å². The van der Waals surface area contributed by atoms with Crippen molar-refractivity contribution in [2.24, 2.45) is 11.5 Å². The summed E-state index contributed by atoms with van der Waals surface area (Å²) in [4.78, 5) is 10.4. The molecule has 7 N–H and O–H groups in total. The van der Waals surface area contributed by atoms with Crippen LogP contribution in [0, 0.1) is 0 Å². The highest BCUT2D eigenvalue weighted by molar-refractivity contribution is 5.92. The van der Waals surface area contributed by atoms with Crippen molar-refractivity contribution in [3.63, 3.8) is 0 Å². The van der Waals surface area contributed by atoms with E-state index in [1.54, 1.807) is 0 Å². The highest BCUT2D eigenvalue weighted by Gasteiger charge is 2.13. The second-order valence-corrected chi connectivity index (χ2v) is 1.53. The largest absolute Gasteiger partial charge is 0.383 e. The van der Waals surface area contributed by atoms with Crippen LogP contribution < -0.4 is 27.9 Å². The summed E-state index contributed by atoms with van der Waals surface area (Å²) in [6.07, 6.45) is 0. The van der Waals surface area contributed by atoms with E-state index in [2.05, 4.69) is 16.4 Å². The molecule has 1 rings (SSSR count). The lowest BCUT2D eigenvalue weighted by molar-refractivity contribution is -0.114. The Morgan fingerprint density at radius 3 is 2.33 bits per heavy atom. The lowest BCUT2D eigenvalue weighted by Crippen LogP contribution is -2.35. The fourth-order valence-electron chi connectivity index (χ4n) is 0.485. The van der Waals surface area contributed by atoms with Crippen LogP contribution in [-0.4, -0.2) is 5.91 Å². The first kappa shape index (κ1) is 5.70. The number of hydrogen-bond acceptors (Lipinski definition) is 5. The molecule has 0 radical (unpaired) electrons. The third-order valence-corrected chi connectivity index (χ3v) is 0.900. The van der Waals surface area contributed by atoms with Crippen LogP contribution in [0.25, 0.3) is 0 Å². The third kappa shape index (κ3) is 0.868. The Bertz CT molecular complexity index is 173. The maximum absolute atomic E-state index is 10.4. The highest BCUT2D eigenvalue weighted by Crippen LogP contribution is 1.91. The fourth-order valence-corrected chi connectivity index (χ4v) is 0.485. The molecule has 1 heterocycles. The fraction of sp³-hybridized carbons (Fsp3) is 0. The number of carbonyl (C=O) groups is 1. The molecule has 0 aromatic heterocycles. The number of nitrogens with one attached hydrogen (secondary N) is 3. The number of rotatable bonds is 1. The van der Waals surface area contributed by atoms with Gasteiger partial charge in [0.15, 0.2) is 5.70 Å². The Balaban J connectivity index is 2.78. The Morgan fingerprint density at radius 2 is 2.11 bits per heavy atom. The Morgan fingerprint density at radius 1 is 1.44 bits per heavy atom. The van der Waals surface area contributed by atoms with E-state index in [1.165, 1.54) is 0 Å². The summed E-state index contributed by atoms with van der Waals surface area (Å²) in [6, 6.07) is 0. The first-order valence-corrected chi connectivity index (χ1v) is 2.28. The molecule has 0 aromatic carbocycles. The lowest BCUT2D eigenvalue weighted by Gasteiger charge is -1.93. The third-order valence-electron chi connectivity index (χ3n) is 0.900. The van der Waals surface area contributed by atoms with Gasteiger partial charge in [-0.3, -0.25) is 15.6 Å². The molecule has 0 saturated heterocycles. The molecule has 9 heavy (non-hydrogen) atoms. The van der Waals surface area contributed by atoms with Crippen molar-refractivity contribution in [2.75, 3.05) is 0 Å². The van der Waals surface area contributed by atoms with E-state index in [4.69, 9.17) is 11.5 Å². The van der Waals surface area contributed by atoms with Crippen molar-refractivity contribution in [3.05, 3.63) is 11.5 Å². The van der Waals surface area contributed by atoms with E-state index in [0.717, 1.165) is 0 Å². The van der Waals surface area contributed by atoms with Crippen LogP contribution in [0.5, 0.6) is 0 Å². The number of nitrogens with two attached hydrogens (primary N) is 2. The smallest absolute Gasteiger partial charge is 0.269 e. The highest BCUT2D eigenvalue weighted by atomic mass is 16.1. The van der Waals surface area contributed by atoms with Crippen LogP contribution in [0.15, 0.2) is 11.5 Å². The van der Waals surface area contributed by atoms with Crippen molar-refractivity contribution >= 4 is 5.91 Å². The van der Waals surface area contributed by atoms with Gasteiger partial charge in [0.05, 0.1) is 0 Å². The van der Waals surface area contributed by atoms with E-state index < -0.39 is 5.91 Å². The first-order chi connectivity index (χ1) is 4.22. The second-order valence-electron chi connectivity index (χ2n) is 1.53. The molecule has 1 amide bonds. The SMILES string of the molecule is NC(=O)C1=C(N)NNN1. The number of carbonyl (C=O) groups excluding carboxylic acids is 1. The number of hydrogen-bond donors (Lipinski definition) is 5. The summed E-state index contributed by atoms with van der Waals surface area (Å²) in [7, 11) is 0. The van der Waals surface area contributed by atoms with Crippen LogP contribution in [0.3, 0.4) is 0 Å². The molecule has 0 spiro atoms. The predicted octanol–water partition coefficient (Wildman–Crippen LogP) is -2.79. The van der Waals surface area contributed by atoms with Crippen LogP contribution in [-0.2, 0) is 4.79 Å². The molecule has 0 unspecified atom stereocenters. The molecule has 0 aromatic rings. The zero-order valence-electron chi connectivity index (χ0n) is 4.56. The quantitative estimate of drug-likeness (QED) is 0.263. The normalized spacial score (nSPS) is 16.9. The summed E-state index contributed by atoms with van der Waals surface area (Å²) < 4.78 is 0. The van der Waals surface area contributed by atoms with Gasteiger partial charge >= 0.3 is 0 Å². The first-order valence-electron chi connectivity index (χ1n) is 2.28. The maximum atomic E-state index is 10.4. The molecule has 0 fully saturated rings. The molecule has 6 nitrogen and oxygen atoms in total. The van der Waals surface area contributed by atoms with Crippen molar-refractivity contribution in [1.29, 1.82) is 0 Å². The molecule has 1 aliphatic rings. The molecule has 50 valence electrons. The topological polar surface area (TPSA) is 105 Å². The van der Waals surface area contributed by atoms with Gasteiger partial charge in [0.2, 0.25) is 0 Å². The van der Waals surface area contributed by atoms with Gasteiger partial charge in [0, 0.05) is 0 Å². The molecule has 0 bridgehead atoms. The standard InChI is InChI=1S/C3H7N5O/c4-2-1(3(5)9)6-8-7-2/h6-8H,4H2,(H2,5,9). The lowest BCUT2D eigenvalue weighted by atomic mass is 10.4. The monoisotopic (exact) mass is 129 g/mol. The van der Waals surface area contributed by atoms with Crippen LogP contribution in [0.2, 0.25) is 0 Å². The van der Waals surface area contributed by atoms with Gasteiger partial charge in [-0.2, -0.15) is 0 Å². The molecule has 0 saturated carbocycles. The van der Waals surface area contributed by atoms with Gasteiger partial charge in [-0.15, -0.1) is 5.53 Å². The van der Waals surface area contributed by atoms with E-state index in [-0.39, 0.29) is 11.5 Å². The summed E-state index contributed by atoms with van der Waals surface area (Å²) in [5, 5.41) is 0. The minimum atomic E-state index is -0.593. The zero-order valence-corrected chi connectivity index (χ0v) is 4.56.